The molecule has 1 aromatic carbocycles. The third-order valence-electron chi connectivity index (χ3n) is 3.32. The Labute approximate surface area is 113 Å². The Morgan fingerprint density at radius 3 is 2.68 bits per heavy atom. The maximum atomic E-state index is 11.6. The van der Waals surface area contributed by atoms with Crippen LogP contribution in [0.4, 0.5) is 0 Å². The highest BCUT2D eigenvalue weighted by molar-refractivity contribution is 5.91. The van der Waals surface area contributed by atoms with Crippen LogP contribution in [-0.2, 0) is 4.79 Å². The number of aliphatic hydroxyl groups is 1. The fourth-order valence-corrected chi connectivity index (χ4v) is 2.06. The van der Waals surface area contributed by atoms with Gasteiger partial charge in [-0.3, -0.25) is 4.79 Å². The smallest absolute Gasteiger partial charge is 0.244 e. The third-order valence-corrected chi connectivity index (χ3v) is 3.32. The maximum absolute atomic E-state index is 11.6. The van der Waals surface area contributed by atoms with Crippen LogP contribution in [0, 0.1) is 5.92 Å². The lowest BCUT2D eigenvalue weighted by atomic mass is 9.82. The summed E-state index contributed by atoms with van der Waals surface area (Å²) >= 11 is 0. The van der Waals surface area contributed by atoms with Crippen LogP contribution in [0.25, 0.3) is 6.08 Å². The number of methoxy groups -OCH3 is 1. The van der Waals surface area contributed by atoms with E-state index in [-0.39, 0.29) is 12.0 Å². The number of nitrogens with one attached hydrogen (secondary N) is 1. The van der Waals surface area contributed by atoms with E-state index in [1.165, 1.54) is 6.08 Å². The lowest BCUT2D eigenvalue weighted by Crippen LogP contribution is -2.37. The normalized spacial score (nSPS) is 22.0. The summed E-state index contributed by atoms with van der Waals surface area (Å²) in [5.41, 5.74) is 0.954. The van der Waals surface area contributed by atoms with E-state index >= 15 is 0 Å². The molecule has 0 heterocycles. The highest BCUT2D eigenvalue weighted by atomic mass is 16.5. The molecule has 4 nitrogen and oxygen atoms in total. The summed E-state index contributed by atoms with van der Waals surface area (Å²) in [6.45, 7) is 0.642. The first kappa shape index (κ1) is 13.6. The van der Waals surface area contributed by atoms with E-state index in [1.54, 1.807) is 13.2 Å². The molecule has 0 aromatic heterocycles. The monoisotopic (exact) mass is 261 g/mol. The Hall–Kier alpha value is -1.81. The molecule has 1 fully saturated rings. The summed E-state index contributed by atoms with van der Waals surface area (Å²) in [6.07, 6.45) is 4.71. The fourth-order valence-electron chi connectivity index (χ4n) is 2.06. The minimum Gasteiger partial charge on any atom is -0.497 e. The molecule has 0 atom stereocenters. The van der Waals surface area contributed by atoms with Crippen LogP contribution in [0.5, 0.6) is 5.75 Å². The number of hydrogen-bond acceptors (Lipinski definition) is 3. The summed E-state index contributed by atoms with van der Waals surface area (Å²) in [5.74, 6) is 1.12. The summed E-state index contributed by atoms with van der Waals surface area (Å²) in [5, 5.41) is 12.0. The zero-order valence-corrected chi connectivity index (χ0v) is 11.0. The first-order chi connectivity index (χ1) is 9.17. The molecule has 0 spiro atoms. The molecular weight excluding hydrogens is 242 g/mol. The van der Waals surface area contributed by atoms with Gasteiger partial charge in [-0.05, 0) is 42.5 Å². The summed E-state index contributed by atoms with van der Waals surface area (Å²) in [4.78, 5) is 11.6. The predicted octanol–water partition coefficient (Wildman–Crippen LogP) is 1.60. The van der Waals surface area contributed by atoms with Gasteiger partial charge in [0.1, 0.15) is 5.75 Å². The number of carbonyl (C=O) groups excluding carboxylic acids is 1. The van der Waals surface area contributed by atoms with Crippen molar-refractivity contribution in [3.05, 3.63) is 35.9 Å². The topological polar surface area (TPSA) is 58.6 Å². The molecule has 0 radical (unpaired) electrons. The van der Waals surface area contributed by atoms with Gasteiger partial charge in [-0.25, -0.2) is 0 Å². The largest absolute Gasteiger partial charge is 0.497 e. The molecule has 2 N–H and O–H groups in total. The average molecular weight is 261 g/mol. The zero-order valence-electron chi connectivity index (χ0n) is 11.0. The van der Waals surface area contributed by atoms with Crippen molar-refractivity contribution in [1.82, 2.24) is 5.32 Å². The van der Waals surface area contributed by atoms with Gasteiger partial charge in [-0.2, -0.15) is 0 Å². The van der Waals surface area contributed by atoms with Gasteiger partial charge in [0.15, 0.2) is 0 Å². The SMILES string of the molecule is COc1ccc(C=CC(=O)NCC2CC(O)C2)cc1. The molecule has 0 aliphatic heterocycles. The van der Waals surface area contributed by atoms with Gasteiger partial charge in [0.25, 0.3) is 0 Å². The van der Waals surface area contributed by atoms with Gasteiger partial charge >= 0.3 is 0 Å². The van der Waals surface area contributed by atoms with Gasteiger partial charge in [0.05, 0.1) is 13.2 Å². The van der Waals surface area contributed by atoms with Crippen molar-refractivity contribution in [3.8, 4) is 5.75 Å². The van der Waals surface area contributed by atoms with Crippen molar-refractivity contribution in [2.24, 2.45) is 5.92 Å². The number of amides is 1. The summed E-state index contributed by atoms with van der Waals surface area (Å²) in [7, 11) is 1.62. The van der Waals surface area contributed by atoms with Crippen molar-refractivity contribution in [2.45, 2.75) is 18.9 Å². The molecule has 102 valence electrons. The highest BCUT2D eigenvalue weighted by Crippen LogP contribution is 2.25. The standard InChI is InChI=1S/C15H19NO3/c1-19-14-5-2-11(3-6-14)4-7-15(18)16-10-12-8-13(17)9-12/h2-7,12-13,17H,8-10H2,1H3,(H,16,18). The van der Waals surface area contributed by atoms with Crippen molar-refractivity contribution in [3.63, 3.8) is 0 Å². The van der Waals surface area contributed by atoms with E-state index < -0.39 is 0 Å². The number of benzene rings is 1. The zero-order chi connectivity index (χ0) is 13.7. The maximum Gasteiger partial charge on any atom is 0.244 e. The second-order valence-electron chi connectivity index (χ2n) is 4.84. The lowest BCUT2D eigenvalue weighted by Gasteiger charge is -2.31. The van der Waals surface area contributed by atoms with Crippen LogP contribution in [0.15, 0.2) is 30.3 Å². The lowest BCUT2D eigenvalue weighted by molar-refractivity contribution is -0.117. The van der Waals surface area contributed by atoms with Crippen LogP contribution in [0.3, 0.4) is 0 Å². The molecule has 19 heavy (non-hydrogen) atoms. The van der Waals surface area contributed by atoms with Gasteiger partial charge < -0.3 is 15.2 Å². The van der Waals surface area contributed by atoms with Gasteiger partial charge in [0.2, 0.25) is 5.91 Å². The molecule has 2 rings (SSSR count). The molecule has 4 heteroatoms. The van der Waals surface area contributed by atoms with Crippen molar-refractivity contribution in [2.75, 3.05) is 13.7 Å². The molecule has 0 saturated heterocycles. The van der Waals surface area contributed by atoms with Crippen LogP contribution >= 0.6 is 0 Å². The highest BCUT2D eigenvalue weighted by Gasteiger charge is 2.26. The molecular formula is C15H19NO3. The van der Waals surface area contributed by atoms with Crippen molar-refractivity contribution >= 4 is 12.0 Å². The Morgan fingerprint density at radius 2 is 2.11 bits per heavy atom. The average Bonchev–Trinajstić information content (AvgIpc) is 2.40. The van der Waals surface area contributed by atoms with E-state index in [2.05, 4.69) is 5.32 Å². The van der Waals surface area contributed by atoms with E-state index in [9.17, 15) is 4.79 Å². The fraction of sp³-hybridized carbons (Fsp3) is 0.400. The Kier molecular flexibility index (Phi) is 4.58. The van der Waals surface area contributed by atoms with Crippen molar-refractivity contribution < 1.29 is 14.6 Å². The molecule has 1 saturated carbocycles. The quantitative estimate of drug-likeness (QED) is 0.791. The molecule has 1 aromatic rings. The minimum absolute atomic E-state index is 0.0998. The Morgan fingerprint density at radius 1 is 1.42 bits per heavy atom. The molecule has 1 aliphatic rings. The second-order valence-corrected chi connectivity index (χ2v) is 4.84. The van der Waals surface area contributed by atoms with Gasteiger partial charge in [0, 0.05) is 12.6 Å². The van der Waals surface area contributed by atoms with Crippen LogP contribution in [0.1, 0.15) is 18.4 Å². The molecule has 1 aliphatic carbocycles. The predicted molar refractivity (Wildman–Crippen MR) is 73.8 cm³/mol. The van der Waals surface area contributed by atoms with E-state index in [0.29, 0.717) is 12.5 Å². The number of aliphatic hydroxyl groups excluding tert-OH is 1. The molecule has 1 amide bonds. The first-order valence-electron chi connectivity index (χ1n) is 6.45. The Bertz CT molecular complexity index is 447. The van der Waals surface area contributed by atoms with E-state index in [1.807, 2.05) is 24.3 Å². The molecule has 0 unspecified atom stereocenters. The van der Waals surface area contributed by atoms with E-state index in [4.69, 9.17) is 9.84 Å². The Balaban J connectivity index is 1.75. The van der Waals surface area contributed by atoms with Crippen LogP contribution in [0.2, 0.25) is 0 Å². The number of rotatable bonds is 5. The number of hydrogen-bond donors (Lipinski definition) is 2. The van der Waals surface area contributed by atoms with Crippen molar-refractivity contribution in [1.29, 1.82) is 0 Å². The second kappa shape index (κ2) is 6.38. The first-order valence-corrected chi connectivity index (χ1v) is 6.45. The molecule has 0 bridgehead atoms. The summed E-state index contributed by atoms with van der Waals surface area (Å²) < 4.78 is 5.06. The number of carbonyl (C=O) groups is 1. The van der Waals surface area contributed by atoms with Gasteiger partial charge in [-0.15, -0.1) is 0 Å². The van der Waals surface area contributed by atoms with Gasteiger partial charge in [-0.1, -0.05) is 12.1 Å². The van der Waals surface area contributed by atoms with E-state index in [0.717, 1.165) is 24.2 Å². The summed E-state index contributed by atoms with van der Waals surface area (Å²) in [6, 6.07) is 7.50. The third kappa shape index (κ3) is 4.10. The minimum atomic E-state index is -0.170. The number of ether oxygens (including phenoxy) is 1. The van der Waals surface area contributed by atoms with Crippen LogP contribution < -0.4 is 10.1 Å². The van der Waals surface area contributed by atoms with Crippen LogP contribution in [-0.4, -0.2) is 30.8 Å².